The van der Waals surface area contributed by atoms with Gasteiger partial charge in [0.05, 0.1) is 34.7 Å². The zero-order valence-electron chi connectivity index (χ0n) is 16.1. The van der Waals surface area contributed by atoms with E-state index in [9.17, 15) is 13.2 Å². The second kappa shape index (κ2) is 8.64. The van der Waals surface area contributed by atoms with Crippen molar-refractivity contribution >= 4 is 37.3 Å². The van der Waals surface area contributed by atoms with Crippen LogP contribution >= 0.6 is 11.3 Å². The molecule has 3 aromatic rings. The Kier molecular flexibility index (Phi) is 6.20. The minimum Gasteiger partial charge on any atom is -0.494 e. The van der Waals surface area contributed by atoms with Crippen LogP contribution in [0, 0.1) is 12.3 Å². The van der Waals surface area contributed by atoms with E-state index in [1.807, 2.05) is 29.7 Å². The number of ether oxygens (including phenoxy) is 1. The Bertz CT molecular complexity index is 1260. The van der Waals surface area contributed by atoms with Crippen molar-refractivity contribution in [2.45, 2.75) is 24.8 Å². The summed E-state index contributed by atoms with van der Waals surface area (Å²) in [6, 6.07) is 11.9. The van der Waals surface area contributed by atoms with Gasteiger partial charge >= 0.3 is 0 Å². The molecule has 0 unspecified atom stereocenters. The van der Waals surface area contributed by atoms with Crippen molar-refractivity contribution in [3.05, 3.63) is 52.8 Å². The van der Waals surface area contributed by atoms with Gasteiger partial charge in [-0.15, -0.1) is 6.42 Å². The van der Waals surface area contributed by atoms with Gasteiger partial charge < -0.3 is 9.30 Å². The maximum absolute atomic E-state index is 12.5. The molecule has 0 saturated heterocycles. The fourth-order valence-electron chi connectivity index (χ4n) is 2.81. The number of sulfone groups is 1. The summed E-state index contributed by atoms with van der Waals surface area (Å²) < 4.78 is 31.4. The number of hydrogen-bond donors (Lipinski definition) is 0. The van der Waals surface area contributed by atoms with Gasteiger partial charge in [-0.1, -0.05) is 29.4 Å². The number of hydrogen-bond acceptors (Lipinski definition) is 5. The Morgan fingerprint density at radius 3 is 2.59 bits per heavy atom. The molecule has 0 N–H and O–H groups in total. The van der Waals surface area contributed by atoms with Gasteiger partial charge in [0.2, 0.25) is 0 Å². The van der Waals surface area contributed by atoms with Crippen molar-refractivity contribution < 1.29 is 17.9 Å². The van der Waals surface area contributed by atoms with Gasteiger partial charge in [-0.25, -0.2) is 8.42 Å². The molecule has 0 radical (unpaired) electrons. The van der Waals surface area contributed by atoms with Gasteiger partial charge in [0.1, 0.15) is 5.75 Å². The molecule has 1 aromatic heterocycles. The smallest absolute Gasteiger partial charge is 0.252 e. The van der Waals surface area contributed by atoms with Crippen molar-refractivity contribution in [3.63, 3.8) is 0 Å². The molecule has 0 bridgehead atoms. The molecule has 8 heteroatoms. The summed E-state index contributed by atoms with van der Waals surface area (Å²) >= 11 is 1.37. The molecule has 150 valence electrons. The van der Waals surface area contributed by atoms with Crippen LogP contribution in [0.3, 0.4) is 0 Å². The van der Waals surface area contributed by atoms with E-state index in [1.54, 1.807) is 12.1 Å². The number of carbonyl (C=O) groups is 1. The number of rotatable bonds is 6. The third kappa shape index (κ3) is 4.94. The average Bonchev–Trinajstić information content (AvgIpc) is 2.98. The monoisotopic (exact) mass is 428 g/mol. The lowest BCUT2D eigenvalue weighted by Crippen LogP contribution is -2.17. The molecule has 0 aliphatic carbocycles. The lowest BCUT2D eigenvalue weighted by atomic mass is 10.1. The molecular weight excluding hydrogens is 408 g/mol. The number of amides is 1. The van der Waals surface area contributed by atoms with Gasteiger partial charge in [-0.3, -0.25) is 4.79 Å². The molecule has 1 heterocycles. The highest BCUT2D eigenvalue weighted by molar-refractivity contribution is 7.90. The van der Waals surface area contributed by atoms with Crippen molar-refractivity contribution in [2.75, 3.05) is 12.9 Å². The Labute approximate surface area is 173 Å². The summed E-state index contributed by atoms with van der Waals surface area (Å²) in [6.07, 6.45) is 6.71. The number of carbonyl (C=O) groups excluding carboxylic acids is 1. The highest BCUT2D eigenvalue weighted by atomic mass is 32.2. The van der Waals surface area contributed by atoms with Crippen LogP contribution in [0.5, 0.6) is 5.75 Å². The zero-order chi connectivity index (χ0) is 21.0. The number of terminal acetylenes is 1. The third-order valence-electron chi connectivity index (χ3n) is 4.14. The van der Waals surface area contributed by atoms with E-state index in [0.29, 0.717) is 23.5 Å². The van der Waals surface area contributed by atoms with Gasteiger partial charge in [-0.05, 0) is 42.8 Å². The molecular formula is C21H20N2O4S2. The van der Waals surface area contributed by atoms with Gasteiger partial charge in [0.15, 0.2) is 14.6 Å². The van der Waals surface area contributed by atoms with Crippen molar-refractivity contribution in [1.82, 2.24) is 4.57 Å². The summed E-state index contributed by atoms with van der Waals surface area (Å²) in [5.74, 6) is 3.01. The third-order valence-corrected chi connectivity index (χ3v) is 6.31. The van der Waals surface area contributed by atoms with Crippen LogP contribution in [0.15, 0.2) is 52.4 Å². The molecule has 29 heavy (non-hydrogen) atoms. The Balaban J connectivity index is 1.92. The van der Waals surface area contributed by atoms with Crippen LogP contribution in [0.4, 0.5) is 0 Å². The average molecular weight is 429 g/mol. The fraction of sp³-hybridized carbons (Fsp3) is 0.238. The molecule has 6 nitrogen and oxygen atoms in total. The molecule has 0 spiro atoms. The number of thiazole rings is 1. The normalized spacial score (nSPS) is 12.1. The summed E-state index contributed by atoms with van der Waals surface area (Å²) in [5, 5.41) is 0. The van der Waals surface area contributed by atoms with Crippen molar-refractivity contribution in [3.8, 4) is 18.1 Å². The lowest BCUT2D eigenvalue weighted by Gasteiger charge is -2.03. The second-order valence-electron chi connectivity index (χ2n) is 6.34. The van der Waals surface area contributed by atoms with Crippen LogP contribution in [0.2, 0.25) is 0 Å². The van der Waals surface area contributed by atoms with E-state index in [-0.39, 0.29) is 17.2 Å². The molecule has 3 rings (SSSR count). The first-order chi connectivity index (χ1) is 13.8. The summed E-state index contributed by atoms with van der Waals surface area (Å²) in [5.41, 5.74) is 1.58. The topological polar surface area (TPSA) is 77.7 Å². The van der Waals surface area contributed by atoms with Gasteiger partial charge in [0.25, 0.3) is 5.91 Å². The SMILES string of the molecule is C#CCn1c(=NC(=O)Cc2ccc(S(C)(=O)=O)cc2)sc2cc(OCC)ccc21. The van der Waals surface area contributed by atoms with E-state index in [4.69, 9.17) is 11.2 Å². The van der Waals surface area contributed by atoms with E-state index in [0.717, 1.165) is 22.2 Å². The first-order valence-corrected chi connectivity index (χ1v) is 11.6. The molecule has 0 aliphatic heterocycles. The standard InChI is InChI=1S/C21H20N2O4S2/c1-4-12-23-18-11-8-16(27-5-2)14-19(18)28-21(23)22-20(24)13-15-6-9-17(10-7-15)29(3,25)26/h1,6-11,14H,5,12-13H2,2-3H3. The lowest BCUT2D eigenvalue weighted by molar-refractivity contribution is -0.117. The van der Waals surface area contributed by atoms with E-state index in [2.05, 4.69) is 10.9 Å². The first-order valence-electron chi connectivity index (χ1n) is 8.88. The van der Waals surface area contributed by atoms with E-state index >= 15 is 0 Å². The highest BCUT2D eigenvalue weighted by Gasteiger charge is 2.10. The van der Waals surface area contributed by atoms with Gasteiger partial charge in [-0.2, -0.15) is 4.99 Å². The highest BCUT2D eigenvalue weighted by Crippen LogP contribution is 2.23. The van der Waals surface area contributed by atoms with E-state index in [1.165, 1.54) is 23.5 Å². The zero-order valence-corrected chi connectivity index (χ0v) is 17.7. The number of nitrogens with zero attached hydrogens (tertiary/aromatic N) is 2. The number of benzene rings is 2. The minimum atomic E-state index is -3.27. The summed E-state index contributed by atoms with van der Waals surface area (Å²) in [4.78, 5) is 17.5. The van der Waals surface area contributed by atoms with E-state index < -0.39 is 9.84 Å². The Morgan fingerprint density at radius 2 is 1.97 bits per heavy atom. The Morgan fingerprint density at radius 1 is 1.24 bits per heavy atom. The quantitative estimate of drug-likeness (QED) is 0.566. The van der Waals surface area contributed by atoms with Crippen LogP contribution in [0.1, 0.15) is 12.5 Å². The largest absolute Gasteiger partial charge is 0.494 e. The molecule has 2 aromatic carbocycles. The molecule has 0 fully saturated rings. The number of fused-ring (bicyclic) bond motifs is 1. The van der Waals surface area contributed by atoms with Crippen LogP contribution in [-0.2, 0) is 27.6 Å². The predicted octanol–water partition coefficient (Wildman–Crippen LogP) is 2.81. The molecule has 0 atom stereocenters. The fourth-order valence-corrected chi connectivity index (χ4v) is 4.52. The maximum atomic E-state index is 12.5. The van der Waals surface area contributed by atoms with Gasteiger partial charge in [0, 0.05) is 6.26 Å². The molecule has 0 saturated carbocycles. The van der Waals surface area contributed by atoms with Crippen LogP contribution in [0.25, 0.3) is 10.2 Å². The van der Waals surface area contributed by atoms with Crippen molar-refractivity contribution in [2.24, 2.45) is 4.99 Å². The Hall–Kier alpha value is -2.89. The summed E-state index contributed by atoms with van der Waals surface area (Å²) in [7, 11) is -3.27. The maximum Gasteiger partial charge on any atom is 0.252 e. The summed E-state index contributed by atoms with van der Waals surface area (Å²) in [6.45, 7) is 2.78. The van der Waals surface area contributed by atoms with Crippen molar-refractivity contribution in [1.29, 1.82) is 0 Å². The minimum absolute atomic E-state index is 0.0680. The first kappa shape index (κ1) is 20.8. The molecule has 1 amide bonds. The predicted molar refractivity (Wildman–Crippen MR) is 114 cm³/mol. The van der Waals surface area contributed by atoms with Crippen LogP contribution < -0.4 is 9.54 Å². The van der Waals surface area contributed by atoms with Crippen LogP contribution in [-0.4, -0.2) is 31.8 Å². The molecule has 0 aliphatic rings. The second-order valence-corrected chi connectivity index (χ2v) is 9.36. The number of aromatic nitrogens is 1.